The Kier molecular flexibility index (Phi) is 7.33. The van der Waals surface area contributed by atoms with E-state index in [1.54, 1.807) is 27.5 Å². The Morgan fingerprint density at radius 1 is 1.28 bits per heavy atom. The molecule has 0 bridgehead atoms. The van der Waals surface area contributed by atoms with Gasteiger partial charge in [-0.3, -0.25) is 4.98 Å². The van der Waals surface area contributed by atoms with Crippen LogP contribution < -0.4 is 15.8 Å². The van der Waals surface area contributed by atoms with Crippen molar-refractivity contribution < 1.29 is 14.2 Å². The number of hydrogen-bond acceptors (Lipinski definition) is 6. The summed E-state index contributed by atoms with van der Waals surface area (Å²) >= 11 is 3.60. The Labute approximate surface area is 156 Å². The van der Waals surface area contributed by atoms with Crippen LogP contribution in [0.25, 0.3) is 0 Å². The molecule has 0 fully saturated rings. The van der Waals surface area contributed by atoms with E-state index in [1.165, 1.54) is 0 Å². The molecular weight excluding hydrogens is 386 g/mol. The predicted molar refractivity (Wildman–Crippen MR) is 101 cm³/mol. The molecule has 0 spiro atoms. The number of pyridine rings is 1. The monoisotopic (exact) mass is 409 g/mol. The molecule has 0 unspecified atom stereocenters. The van der Waals surface area contributed by atoms with E-state index in [0.717, 1.165) is 27.2 Å². The normalized spacial score (nSPS) is 15.0. The Hall–Kier alpha value is -1.99. The SMILES string of the molecule is COCCNC1=C(OC)C=C(Cc2ncccc2OC)CC(Br)=C1N. The van der Waals surface area contributed by atoms with Gasteiger partial charge in [-0.15, -0.1) is 0 Å². The number of methoxy groups -OCH3 is 3. The molecule has 0 radical (unpaired) electrons. The van der Waals surface area contributed by atoms with Crippen molar-refractivity contribution in [2.45, 2.75) is 12.8 Å². The summed E-state index contributed by atoms with van der Waals surface area (Å²) in [6.45, 7) is 1.21. The second kappa shape index (κ2) is 9.48. The van der Waals surface area contributed by atoms with Crippen LogP contribution in [-0.4, -0.2) is 39.5 Å². The Bertz CT molecular complexity index is 699. The smallest absolute Gasteiger partial charge is 0.144 e. The standard InChI is InChI=1S/C18H24BrN3O3/c1-23-8-7-22-18-16(25-3)11-12(9-13(19)17(18)20)10-14-15(24-2)5-4-6-21-14/h4-6,11,22H,7-10,20H2,1-3H3. The minimum Gasteiger partial charge on any atom is -0.495 e. The van der Waals surface area contributed by atoms with E-state index in [0.29, 0.717) is 37.4 Å². The van der Waals surface area contributed by atoms with Crippen LogP contribution in [0.3, 0.4) is 0 Å². The molecule has 1 aliphatic rings. The van der Waals surface area contributed by atoms with Gasteiger partial charge in [0.2, 0.25) is 0 Å². The molecule has 0 saturated heterocycles. The number of ether oxygens (including phenoxy) is 3. The fourth-order valence-corrected chi connectivity index (χ4v) is 3.12. The van der Waals surface area contributed by atoms with Crippen molar-refractivity contribution in [1.29, 1.82) is 0 Å². The summed E-state index contributed by atoms with van der Waals surface area (Å²) in [4.78, 5) is 4.43. The third-order valence-corrected chi connectivity index (χ3v) is 4.52. The molecule has 0 aliphatic heterocycles. The molecule has 0 saturated carbocycles. The molecule has 2 rings (SSSR count). The zero-order chi connectivity index (χ0) is 18.2. The van der Waals surface area contributed by atoms with Gasteiger partial charge in [-0.05, 0) is 18.2 Å². The van der Waals surface area contributed by atoms with Crippen LogP contribution in [0.4, 0.5) is 0 Å². The third-order valence-electron chi connectivity index (χ3n) is 3.82. The van der Waals surface area contributed by atoms with Crippen molar-refractivity contribution in [3.63, 3.8) is 0 Å². The summed E-state index contributed by atoms with van der Waals surface area (Å²) in [5, 5.41) is 3.28. The van der Waals surface area contributed by atoms with Gasteiger partial charge in [0, 0.05) is 37.2 Å². The fourth-order valence-electron chi connectivity index (χ4n) is 2.56. The fraction of sp³-hybridized carbons (Fsp3) is 0.389. The van der Waals surface area contributed by atoms with Crippen molar-refractivity contribution in [3.05, 3.63) is 57.3 Å². The first-order chi connectivity index (χ1) is 12.1. The molecule has 1 aliphatic carbocycles. The lowest BCUT2D eigenvalue weighted by Gasteiger charge is -2.14. The first-order valence-electron chi connectivity index (χ1n) is 7.93. The number of hydrogen-bond donors (Lipinski definition) is 2. The maximum absolute atomic E-state index is 6.30. The summed E-state index contributed by atoms with van der Waals surface area (Å²) in [7, 11) is 4.94. The van der Waals surface area contributed by atoms with Gasteiger partial charge in [-0.1, -0.05) is 21.5 Å². The van der Waals surface area contributed by atoms with Crippen LogP contribution in [0, 0.1) is 0 Å². The molecule has 0 aromatic carbocycles. The first-order valence-corrected chi connectivity index (χ1v) is 8.72. The van der Waals surface area contributed by atoms with Crippen molar-refractivity contribution in [2.75, 3.05) is 34.5 Å². The number of aromatic nitrogens is 1. The largest absolute Gasteiger partial charge is 0.495 e. The summed E-state index contributed by atoms with van der Waals surface area (Å²) in [6, 6.07) is 3.76. The third kappa shape index (κ3) is 4.99. The van der Waals surface area contributed by atoms with E-state index in [-0.39, 0.29) is 0 Å². The van der Waals surface area contributed by atoms with E-state index in [2.05, 4.69) is 26.2 Å². The van der Waals surface area contributed by atoms with Crippen LogP contribution >= 0.6 is 15.9 Å². The predicted octanol–water partition coefficient (Wildman–Crippen LogP) is 2.62. The van der Waals surface area contributed by atoms with Crippen molar-refractivity contribution >= 4 is 15.9 Å². The average molecular weight is 410 g/mol. The van der Waals surface area contributed by atoms with E-state index < -0.39 is 0 Å². The second-order valence-electron chi connectivity index (χ2n) is 5.49. The highest BCUT2D eigenvalue weighted by Gasteiger charge is 2.19. The first kappa shape index (κ1) is 19.3. The molecule has 1 aromatic rings. The maximum Gasteiger partial charge on any atom is 0.144 e. The van der Waals surface area contributed by atoms with Crippen LogP contribution in [0.5, 0.6) is 5.75 Å². The molecule has 0 atom stereocenters. The number of rotatable bonds is 8. The second-order valence-corrected chi connectivity index (χ2v) is 6.45. The zero-order valence-electron chi connectivity index (χ0n) is 14.8. The van der Waals surface area contributed by atoms with Crippen LogP contribution in [0.1, 0.15) is 12.1 Å². The molecular formula is C18H24BrN3O3. The summed E-state index contributed by atoms with van der Waals surface area (Å²) in [5.74, 6) is 1.45. The lowest BCUT2D eigenvalue weighted by Crippen LogP contribution is -2.24. The summed E-state index contributed by atoms with van der Waals surface area (Å²) in [6.07, 6.45) is 5.09. The van der Waals surface area contributed by atoms with Crippen LogP contribution in [0.15, 0.2) is 51.6 Å². The van der Waals surface area contributed by atoms with Gasteiger partial charge in [0.15, 0.2) is 0 Å². The number of halogens is 1. The minimum atomic E-state index is 0.576. The highest BCUT2D eigenvalue weighted by molar-refractivity contribution is 9.11. The molecule has 7 heteroatoms. The topological polar surface area (TPSA) is 78.6 Å². The Morgan fingerprint density at radius 2 is 2.08 bits per heavy atom. The lowest BCUT2D eigenvalue weighted by atomic mass is 10.1. The lowest BCUT2D eigenvalue weighted by molar-refractivity contribution is 0.201. The van der Waals surface area contributed by atoms with Gasteiger partial charge < -0.3 is 25.3 Å². The zero-order valence-corrected chi connectivity index (χ0v) is 16.4. The summed E-state index contributed by atoms with van der Waals surface area (Å²) in [5.41, 5.74) is 9.68. The average Bonchev–Trinajstić information content (AvgIpc) is 2.73. The van der Waals surface area contributed by atoms with E-state index in [4.69, 9.17) is 19.9 Å². The van der Waals surface area contributed by atoms with Crippen molar-refractivity contribution in [3.8, 4) is 5.75 Å². The van der Waals surface area contributed by atoms with Gasteiger partial charge in [0.25, 0.3) is 0 Å². The Balaban J connectivity index is 2.33. The van der Waals surface area contributed by atoms with Crippen molar-refractivity contribution in [2.24, 2.45) is 5.73 Å². The van der Waals surface area contributed by atoms with E-state index >= 15 is 0 Å². The van der Waals surface area contributed by atoms with Gasteiger partial charge >= 0.3 is 0 Å². The van der Waals surface area contributed by atoms with Gasteiger partial charge in [-0.25, -0.2) is 0 Å². The van der Waals surface area contributed by atoms with Gasteiger partial charge in [0.05, 0.1) is 32.2 Å². The number of nitrogens with zero attached hydrogens (tertiary/aromatic N) is 1. The number of nitrogens with one attached hydrogen (secondary N) is 1. The van der Waals surface area contributed by atoms with Gasteiger partial charge in [-0.2, -0.15) is 0 Å². The van der Waals surface area contributed by atoms with Crippen molar-refractivity contribution in [1.82, 2.24) is 10.3 Å². The molecule has 136 valence electrons. The molecule has 3 N–H and O–H groups in total. The van der Waals surface area contributed by atoms with E-state index in [9.17, 15) is 0 Å². The molecule has 0 amide bonds. The summed E-state index contributed by atoms with van der Waals surface area (Å²) < 4.78 is 17.0. The molecule has 1 aromatic heterocycles. The number of nitrogens with two attached hydrogens (primary N) is 1. The Morgan fingerprint density at radius 3 is 2.76 bits per heavy atom. The maximum atomic E-state index is 6.30. The van der Waals surface area contributed by atoms with Crippen LogP contribution in [0.2, 0.25) is 0 Å². The molecule has 25 heavy (non-hydrogen) atoms. The molecule has 1 heterocycles. The highest BCUT2D eigenvalue weighted by atomic mass is 79.9. The van der Waals surface area contributed by atoms with E-state index in [1.807, 2.05) is 18.2 Å². The van der Waals surface area contributed by atoms with Crippen LogP contribution in [-0.2, 0) is 15.9 Å². The quantitative estimate of drug-likeness (QED) is 0.642. The number of allylic oxidation sites excluding steroid dienone is 3. The molecule has 6 nitrogen and oxygen atoms in total. The highest BCUT2D eigenvalue weighted by Crippen LogP contribution is 2.31. The van der Waals surface area contributed by atoms with Gasteiger partial charge in [0.1, 0.15) is 17.2 Å². The minimum absolute atomic E-state index is 0.576.